The summed E-state index contributed by atoms with van der Waals surface area (Å²) >= 11 is 5.94. The van der Waals surface area contributed by atoms with Crippen LogP contribution < -0.4 is 20.1 Å². The third-order valence-electron chi connectivity index (χ3n) is 4.57. The Bertz CT molecular complexity index is 944. The van der Waals surface area contributed by atoms with Crippen molar-refractivity contribution >= 4 is 23.6 Å². The van der Waals surface area contributed by atoms with Gasteiger partial charge in [-0.05, 0) is 35.4 Å². The number of halogens is 1. The van der Waals surface area contributed by atoms with Crippen LogP contribution in [-0.2, 0) is 16.1 Å². The topological polar surface area (TPSA) is 85.9 Å². The van der Waals surface area contributed by atoms with Gasteiger partial charge in [-0.3, -0.25) is 4.79 Å². The Hall–Kier alpha value is -3.19. The SMILES string of the molecule is C=C1NC(=O)NC(c2ccc(Cl)cc2)C1C(=O)OCc1ccc2c(c1)OCO2. The molecule has 4 rings (SSSR count). The normalized spacial score (nSPS) is 20.3. The molecule has 2 heterocycles. The van der Waals surface area contributed by atoms with Gasteiger partial charge < -0.3 is 24.8 Å². The molecule has 2 N–H and O–H groups in total. The molecule has 28 heavy (non-hydrogen) atoms. The average Bonchev–Trinajstić information content (AvgIpc) is 3.14. The number of hydrogen-bond donors (Lipinski definition) is 2. The predicted octanol–water partition coefficient (Wildman–Crippen LogP) is 3.30. The van der Waals surface area contributed by atoms with Crippen LogP contribution in [0.25, 0.3) is 0 Å². The Labute approximate surface area is 166 Å². The zero-order valence-electron chi connectivity index (χ0n) is 14.7. The number of fused-ring (bicyclic) bond motifs is 1. The summed E-state index contributed by atoms with van der Waals surface area (Å²) in [7, 11) is 0. The van der Waals surface area contributed by atoms with E-state index in [0.717, 1.165) is 11.1 Å². The zero-order valence-corrected chi connectivity index (χ0v) is 15.5. The number of amides is 2. The maximum Gasteiger partial charge on any atom is 0.319 e. The largest absolute Gasteiger partial charge is 0.460 e. The van der Waals surface area contributed by atoms with Gasteiger partial charge in [-0.15, -0.1) is 0 Å². The highest BCUT2D eigenvalue weighted by atomic mass is 35.5. The van der Waals surface area contributed by atoms with Gasteiger partial charge >= 0.3 is 12.0 Å². The van der Waals surface area contributed by atoms with E-state index in [1.807, 2.05) is 0 Å². The van der Waals surface area contributed by atoms with Crippen LogP contribution in [0.4, 0.5) is 4.79 Å². The number of carbonyl (C=O) groups is 2. The lowest BCUT2D eigenvalue weighted by Gasteiger charge is -2.33. The fourth-order valence-electron chi connectivity index (χ4n) is 3.18. The fourth-order valence-corrected chi connectivity index (χ4v) is 3.31. The van der Waals surface area contributed by atoms with Crippen molar-refractivity contribution in [3.63, 3.8) is 0 Å². The number of hydrogen-bond acceptors (Lipinski definition) is 5. The van der Waals surface area contributed by atoms with Gasteiger partial charge in [0, 0.05) is 10.7 Å². The van der Waals surface area contributed by atoms with Crippen molar-refractivity contribution in [2.45, 2.75) is 12.6 Å². The molecule has 7 nitrogen and oxygen atoms in total. The van der Waals surface area contributed by atoms with Gasteiger partial charge in [0.05, 0.1) is 6.04 Å². The number of esters is 1. The summed E-state index contributed by atoms with van der Waals surface area (Å²) in [5, 5.41) is 5.86. The molecule has 0 spiro atoms. The van der Waals surface area contributed by atoms with Crippen LogP contribution in [0.1, 0.15) is 17.2 Å². The highest BCUT2D eigenvalue weighted by molar-refractivity contribution is 6.30. The van der Waals surface area contributed by atoms with Crippen molar-refractivity contribution in [1.82, 2.24) is 10.6 Å². The molecule has 8 heteroatoms. The number of ether oxygens (including phenoxy) is 3. The minimum atomic E-state index is -0.784. The molecule has 2 unspecified atom stereocenters. The number of rotatable bonds is 4. The lowest BCUT2D eigenvalue weighted by Crippen LogP contribution is -2.51. The molecule has 2 amide bonds. The lowest BCUT2D eigenvalue weighted by atomic mass is 9.89. The standard InChI is InChI=1S/C20H17ClN2O5/c1-11-17(18(23-20(25)22-11)13-3-5-14(21)6-4-13)19(24)26-9-12-2-7-15-16(8-12)28-10-27-15/h2-8,17-18H,1,9-10H2,(H2,22,23,25). The van der Waals surface area contributed by atoms with Gasteiger partial charge in [0.2, 0.25) is 6.79 Å². The van der Waals surface area contributed by atoms with Crippen LogP contribution in [0.3, 0.4) is 0 Å². The summed E-state index contributed by atoms with van der Waals surface area (Å²) < 4.78 is 16.1. The van der Waals surface area contributed by atoms with Gasteiger partial charge in [0.25, 0.3) is 0 Å². The average molecular weight is 401 g/mol. The third-order valence-corrected chi connectivity index (χ3v) is 4.82. The lowest BCUT2D eigenvalue weighted by molar-refractivity contribution is -0.149. The molecule has 1 saturated heterocycles. The van der Waals surface area contributed by atoms with E-state index in [0.29, 0.717) is 16.5 Å². The first-order chi connectivity index (χ1) is 13.5. The van der Waals surface area contributed by atoms with E-state index in [-0.39, 0.29) is 19.1 Å². The van der Waals surface area contributed by atoms with Crippen LogP contribution in [-0.4, -0.2) is 18.8 Å². The van der Waals surface area contributed by atoms with E-state index in [4.69, 9.17) is 25.8 Å². The molecule has 0 bridgehead atoms. The molecule has 0 saturated carbocycles. The second-order valence-electron chi connectivity index (χ2n) is 6.43. The van der Waals surface area contributed by atoms with Crippen molar-refractivity contribution in [3.05, 3.63) is 70.9 Å². The molecule has 2 aliphatic heterocycles. The van der Waals surface area contributed by atoms with Crippen LogP contribution in [0.5, 0.6) is 11.5 Å². The van der Waals surface area contributed by atoms with Crippen molar-refractivity contribution in [3.8, 4) is 11.5 Å². The maximum atomic E-state index is 12.8. The number of carbonyl (C=O) groups excluding carboxylic acids is 2. The van der Waals surface area contributed by atoms with Gasteiger partial charge in [-0.25, -0.2) is 4.79 Å². The quantitative estimate of drug-likeness (QED) is 0.769. The van der Waals surface area contributed by atoms with E-state index in [1.165, 1.54) is 0 Å². The Morgan fingerprint density at radius 2 is 1.93 bits per heavy atom. The molecule has 1 fully saturated rings. The van der Waals surface area contributed by atoms with E-state index < -0.39 is 24.0 Å². The molecule has 0 aromatic heterocycles. The highest BCUT2D eigenvalue weighted by Crippen LogP contribution is 2.34. The van der Waals surface area contributed by atoms with Crippen LogP contribution in [0.2, 0.25) is 5.02 Å². The summed E-state index contributed by atoms with van der Waals surface area (Å²) in [6.07, 6.45) is 0. The predicted molar refractivity (Wildman–Crippen MR) is 101 cm³/mol. The van der Waals surface area contributed by atoms with Gasteiger partial charge in [-0.1, -0.05) is 36.4 Å². The second-order valence-corrected chi connectivity index (χ2v) is 6.86. The van der Waals surface area contributed by atoms with Gasteiger partial charge in [-0.2, -0.15) is 0 Å². The zero-order chi connectivity index (χ0) is 19.7. The van der Waals surface area contributed by atoms with E-state index in [1.54, 1.807) is 42.5 Å². The number of nitrogens with one attached hydrogen (secondary N) is 2. The van der Waals surface area contributed by atoms with Crippen molar-refractivity contribution in [2.24, 2.45) is 5.92 Å². The first-order valence-electron chi connectivity index (χ1n) is 8.58. The van der Waals surface area contributed by atoms with Crippen molar-refractivity contribution in [1.29, 1.82) is 0 Å². The van der Waals surface area contributed by atoms with Crippen molar-refractivity contribution < 1.29 is 23.8 Å². The van der Waals surface area contributed by atoms with Crippen molar-refractivity contribution in [2.75, 3.05) is 6.79 Å². The Morgan fingerprint density at radius 3 is 2.71 bits per heavy atom. The monoisotopic (exact) mass is 400 g/mol. The fraction of sp³-hybridized carbons (Fsp3) is 0.200. The smallest absolute Gasteiger partial charge is 0.319 e. The van der Waals surface area contributed by atoms with Gasteiger partial charge in [0.1, 0.15) is 12.5 Å². The highest BCUT2D eigenvalue weighted by Gasteiger charge is 2.38. The van der Waals surface area contributed by atoms with Crippen LogP contribution in [0.15, 0.2) is 54.7 Å². The minimum absolute atomic E-state index is 0.0561. The molecular weight excluding hydrogens is 384 g/mol. The summed E-state index contributed by atoms with van der Waals surface area (Å²) in [5.41, 5.74) is 1.77. The van der Waals surface area contributed by atoms with E-state index >= 15 is 0 Å². The molecule has 2 aromatic rings. The van der Waals surface area contributed by atoms with Crippen LogP contribution in [0, 0.1) is 5.92 Å². The Morgan fingerprint density at radius 1 is 1.18 bits per heavy atom. The first-order valence-corrected chi connectivity index (χ1v) is 8.96. The summed E-state index contributed by atoms with van der Waals surface area (Å²) in [6.45, 7) is 4.06. The molecule has 0 aliphatic carbocycles. The number of benzene rings is 2. The summed E-state index contributed by atoms with van der Waals surface area (Å²) in [6, 6.07) is 11.2. The Kier molecular flexibility index (Phi) is 4.83. The molecule has 0 radical (unpaired) electrons. The molecule has 2 atom stereocenters. The summed E-state index contributed by atoms with van der Waals surface area (Å²) in [5.74, 6) is -0.0166. The maximum absolute atomic E-state index is 12.8. The molecule has 2 aromatic carbocycles. The van der Waals surface area contributed by atoms with E-state index in [9.17, 15) is 9.59 Å². The molecule has 144 valence electrons. The molecular formula is C20H17ClN2O5. The first kappa shape index (κ1) is 18.2. The Balaban J connectivity index is 1.50. The summed E-state index contributed by atoms with van der Waals surface area (Å²) in [4.78, 5) is 24.7. The number of urea groups is 1. The second kappa shape index (κ2) is 7.44. The molecule has 2 aliphatic rings. The minimum Gasteiger partial charge on any atom is -0.460 e. The third kappa shape index (κ3) is 3.61. The van der Waals surface area contributed by atoms with Crippen LogP contribution >= 0.6 is 11.6 Å². The van der Waals surface area contributed by atoms with Gasteiger partial charge in [0.15, 0.2) is 11.5 Å². The van der Waals surface area contributed by atoms with E-state index in [2.05, 4.69) is 17.2 Å².